The summed E-state index contributed by atoms with van der Waals surface area (Å²) in [7, 11) is -0.563. The summed E-state index contributed by atoms with van der Waals surface area (Å²) in [4.78, 5) is 14.3. The Morgan fingerprint density at radius 2 is 2.00 bits per heavy atom. The summed E-state index contributed by atoms with van der Waals surface area (Å²) >= 11 is 0. The molecular weight excluding hydrogens is 316 g/mol. The van der Waals surface area contributed by atoms with Crippen LogP contribution in [0.25, 0.3) is 0 Å². The van der Waals surface area contributed by atoms with Gasteiger partial charge in [-0.25, -0.2) is 12.7 Å². The first kappa shape index (κ1) is 17.9. The summed E-state index contributed by atoms with van der Waals surface area (Å²) in [6.07, 6.45) is 1.79. The molecular formula is C15H24N4O3S. The first-order valence-corrected chi connectivity index (χ1v) is 9.03. The predicted octanol–water partition coefficient (Wildman–Crippen LogP) is 0.299. The summed E-state index contributed by atoms with van der Waals surface area (Å²) in [5.74, 6) is -0.153. The van der Waals surface area contributed by atoms with Gasteiger partial charge in [0, 0.05) is 38.9 Å². The van der Waals surface area contributed by atoms with E-state index in [1.807, 2.05) is 0 Å². The Labute approximate surface area is 137 Å². The maximum Gasteiger partial charge on any atom is 0.242 e. The van der Waals surface area contributed by atoms with E-state index in [0.717, 1.165) is 30.2 Å². The minimum absolute atomic E-state index is 0.153. The highest BCUT2D eigenvalue weighted by atomic mass is 32.2. The number of anilines is 1. The van der Waals surface area contributed by atoms with Crippen LogP contribution >= 0.6 is 0 Å². The third kappa shape index (κ3) is 4.74. The molecule has 0 bridgehead atoms. The summed E-state index contributed by atoms with van der Waals surface area (Å²) < 4.78 is 25.4. The van der Waals surface area contributed by atoms with Crippen LogP contribution in [0, 0.1) is 0 Å². The van der Waals surface area contributed by atoms with Crippen molar-refractivity contribution in [2.75, 3.05) is 39.0 Å². The molecule has 1 fully saturated rings. The number of benzene rings is 1. The fourth-order valence-corrected chi connectivity index (χ4v) is 3.41. The fourth-order valence-electron chi connectivity index (χ4n) is 2.46. The minimum Gasteiger partial charge on any atom is -0.328 e. The van der Waals surface area contributed by atoms with Crippen molar-refractivity contribution in [3.8, 4) is 0 Å². The van der Waals surface area contributed by atoms with Crippen LogP contribution < -0.4 is 11.1 Å². The molecule has 1 heterocycles. The molecule has 23 heavy (non-hydrogen) atoms. The van der Waals surface area contributed by atoms with Crippen LogP contribution in [0.3, 0.4) is 0 Å². The Bertz CT molecular complexity index is 652. The second-order valence-electron chi connectivity index (χ2n) is 5.98. The monoisotopic (exact) mass is 340 g/mol. The molecule has 1 aromatic carbocycles. The zero-order valence-corrected chi connectivity index (χ0v) is 14.3. The SMILES string of the molecule is CN(C)S(=O)(=O)c1cccc(NC(=O)CN2CCC(N)CC2)c1. The smallest absolute Gasteiger partial charge is 0.242 e. The Morgan fingerprint density at radius 3 is 2.61 bits per heavy atom. The molecule has 0 unspecified atom stereocenters. The lowest BCUT2D eigenvalue weighted by atomic mass is 10.1. The molecule has 0 aromatic heterocycles. The number of carbonyl (C=O) groups is 1. The molecule has 1 aliphatic rings. The number of amides is 1. The normalized spacial score (nSPS) is 17.4. The molecule has 1 saturated heterocycles. The predicted molar refractivity (Wildman–Crippen MR) is 89.6 cm³/mol. The van der Waals surface area contributed by atoms with Crippen LogP contribution in [-0.4, -0.2) is 63.3 Å². The first-order valence-electron chi connectivity index (χ1n) is 7.59. The number of sulfonamides is 1. The number of nitrogens with zero attached hydrogens (tertiary/aromatic N) is 2. The van der Waals surface area contributed by atoms with Gasteiger partial charge in [0.05, 0.1) is 11.4 Å². The zero-order chi connectivity index (χ0) is 17.0. The molecule has 8 heteroatoms. The number of nitrogens with one attached hydrogen (secondary N) is 1. The highest BCUT2D eigenvalue weighted by Crippen LogP contribution is 2.18. The van der Waals surface area contributed by atoms with Gasteiger partial charge in [0.2, 0.25) is 15.9 Å². The minimum atomic E-state index is -3.51. The summed E-state index contributed by atoms with van der Waals surface area (Å²) in [5, 5.41) is 2.76. The maximum atomic E-state index is 12.1. The van der Waals surface area contributed by atoms with Crippen molar-refractivity contribution in [2.45, 2.75) is 23.8 Å². The molecule has 1 aromatic rings. The Kier molecular flexibility index (Phi) is 5.74. The highest BCUT2D eigenvalue weighted by molar-refractivity contribution is 7.89. The van der Waals surface area contributed by atoms with Gasteiger partial charge in [-0.15, -0.1) is 0 Å². The third-order valence-electron chi connectivity index (χ3n) is 3.90. The second kappa shape index (κ2) is 7.39. The maximum absolute atomic E-state index is 12.1. The number of rotatable bonds is 5. The summed E-state index contributed by atoms with van der Waals surface area (Å²) in [6, 6.07) is 6.50. The Balaban J connectivity index is 1.99. The highest BCUT2D eigenvalue weighted by Gasteiger charge is 2.20. The van der Waals surface area contributed by atoms with Crippen molar-refractivity contribution >= 4 is 21.6 Å². The van der Waals surface area contributed by atoms with Gasteiger partial charge in [-0.2, -0.15) is 0 Å². The molecule has 1 amide bonds. The summed E-state index contributed by atoms with van der Waals surface area (Å²) in [5.41, 5.74) is 6.32. The number of likely N-dealkylation sites (tertiary alicyclic amines) is 1. The molecule has 2 rings (SSSR count). The van der Waals surface area contributed by atoms with Gasteiger partial charge in [-0.05, 0) is 31.0 Å². The van der Waals surface area contributed by atoms with Crippen molar-refractivity contribution in [1.82, 2.24) is 9.21 Å². The van der Waals surface area contributed by atoms with Crippen molar-refractivity contribution in [3.05, 3.63) is 24.3 Å². The van der Waals surface area contributed by atoms with Gasteiger partial charge in [-0.1, -0.05) is 6.07 Å². The van der Waals surface area contributed by atoms with Crippen molar-refractivity contribution in [1.29, 1.82) is 0 Å². The Hall–Kier alpha value is -1.48. The van der Waals surface area contributed by atoms with Gasteiger partial charge in [-0.3, -0.25) is 9.69 Å². The molecule has 3 N–H and O–H groups in total. The Morgan fingerprint density at radius 1 is 1.35 bits per heavy atom. The van der Waals surface area contributed by atoms with E-state index in [-0.39, 0.29) is 23.4 Å². The average molecular weight is 340 g/mol. The van der Waals surface area contributed by atoms with Crippen molar-refractivity contribution < 1.29 is 13.2 Å². The van der Waals surface area contributed by atoms with Gasteiger partial charge in [0.15, 0.2) is 0 Å². The number of piperidine rings is 1. The standard InChI is InChI=1S/C15H24N4O3S/c1-18(2)23(21,22)14-5-3-4-13(10-14)17-15(20)11-19-8-6-12(16)7-9-19/h3-5,10,12H,6-9,11,16H2,1-2H3,(H,17,20). The van der Waals surface area contributed by atoms with E-state index < -0.39 is 10.0 Å². The van der Waals surface area contributed by atoms with Crippen LogP contribution in [0.4, 0.5) is 5.69 Å². The van der Waals surface area contributed by atoms with E-state index in [1.165, 1.54) is 26.2 Å². The molecule has 0 spiro atoms. The van der Waals surface area contributed by atoms with E-state index in [1.54, 1.807) is 12.1 Å². The van der Waals surface area contributed by atoms with E-state index in [9.17, 15) is 13.2 Å². The zero-order valence-electron chi connectivity index (χ0n) is 13.5. The lowest BCUT2D eigenvalue weighted by molar-refractivity contribution is -0.117. The number of hydrogen-bond acceptors (Lipinski definition) is 5. The van der Waals surface area contributed by atoms with E-state index in [0.29, 0.717) is 5.69 Å². The third-order valence-corrected chi connectivity index (χ3v) is 5.71. The largest absolute Gasteiger partial charge is 0.328 e. The number of hydrogen-bond donors (Lipinski definition) is 2. The van der Waals surface area contributed by atoms with Gasteiger partial charge >= 0.3 is 0 Å². The quantitative estimate of drug-likeness (QED) is 0.804. The summed E-state index contributed by atoms with van der Waals surface area (Å²) in [6.45, 7) is 1.91. The number of nitrogens with two attached hydrogens (primary N) is 1. The first-order chi connectivity index (χ1) is 10.8. The van der Waals surface area contributed by atoms with Gasteiger partial charge < -0.3 is 11.1 Å². The van der Waals surface area contributed by atoms with E-state index >= 15 is 0 Å². The molecule has 0 aliphatic carbocycles. The van der Waals surface area contributed by atoms with E-state index in [4.69, 9.17) is 5.73 Å². The molecule has 0 atom stereocenters. The molecule has 128 valence electrons. The van der Waals surface area contributed by atoms with Crippen molar-refractivity contribution in [2.24, 2.45) is 5.73 Å². The lowest BCUT2D eigenvalue weighted by Gasteiger charge is -2.29. The number of carbonyl (C=O) groups excluding carboxylic acids is 1. The average Bonchev–Trinajstić information content (AvgIpc) is 2.49. The van der Waals surface area contributed by atoms with Crippen LogP contribution in [0.1, 0.15) is 12.8 Å². The molecule has 7 nitrogen and oxygen atoms in total. The molecule has 0 saturated carbocycles. The van der Waals surface area contributed by atoms with Gasteiger partial charge in [0.25, 0.3) is 0 Å². The van der Waals surface area contributed by atoms with Crippen LogP contribution in [-0.2, 0) is 14.8 Å². The topological polar surface area (TPSA) is 95.7 Å². The molecule has 0 radical (unpaired) electrons. The fraction of sp³-hybridized carbons (Fsp3) is 0.533. The second-order valence-corrected chi connectivity index (χ2v) is 8.13. The van der Waals surface area contributed by atoms with Crippen LogP contribution in [0.5, 0.6) is 0 Å². The molecule has 1 aliphatic heterocycles. The lowest BCUT2D eigenvalue weighted by Crippen LogP contribution is -2.43. The van der Waals surface area contributed by atoms with Gasteiger partial charge in [0.1, 0.15) is 0 Å². The van der Waals surface area contributed by atoms with Crippen molar-refractivity contribution in [3.63, 3.8) is 0 Å². The van der Waals surface area contributed by atoms with Crippen LogP contribution in [0.2, 0.25) is 0 Å². The van der Waals surface area contributed by atoms with Crippen LogP contribution in [0.15, 0.2) is 29.2 Å². The van der Waals surface area contributed by atoms with E-state index in [2.05, 4.69) is 10.2 Å².